The first-order valence-electron chi connectivity index (χ1n) is 11.8. The van der Waals surface area contributed by atoms with Crippen LogP contribution in [0.3, 0.4) is 0 Å². The summed E-state index contributed by atoms with van der Waals surface area (Å²) in [6, 6.07) is 20.0. The van der Waals surface area contributed by atoms with Crippen molar-refractivity contribution < 1.29 is 9.18 Å². The van der Waals surface area contributed by atoms with E-state index in [0.29, 0.717) is 11.0 Å². The van der Waals surface area contributed by atoms with Gasteiger partial charge in [-0.1, -0.05) is 49.2 Å². The SMILES string of the molecule is O=C(CSc1nnc(-c2ccncc2)n1-c1ccc(F)cc1)N(c1ccccc1)C1CCCCC1. The van der Waals surface area contributed by atoms with E-state index in [2.05, 4.69) is 15.2 Å². The third-order valence-corrected chi connectivity index (χ3v) is 7.14. The summed E-state index contributed by atoms with van der Waals surface area (Å²) in [7, 11) is 0. The van der Waals surface area contributed by atoms with Crippen molar-refractivity contribution in [2.45, 2.75) is 43.3 Å². The second kappa shape index (κ2) is 10.8. The molecule has 1 fully saturated rings. The van der Waals surface area contributed by atoms with Crippen molar-refractivity contribution in [1.82, 2.24) is 19.7 Å². The molecule has 2 heterocycles. The molecule has 6 nitrogen and oxygen atoms in total. The number of nitrogens with zero attached hydrogens (tertiary/aromatic N) is 5. The van der Waals surface area contributed by atoms with Crippen molar-refractivity contribution in [2.24, 2.45) is 0 Å². The summed E-state index contributed by atoms with van der Waals surface area (Å²) in [5.41, 5.74) is 2.50. The Balaban J connectivity index is 1.44. The number of carbonyl (C=O) groups excluding carboxylic acids is 1. The van der Waals surface area contributed by atoms with Crippen LogP contribution >= 0.6 is 11.8 Å². The molecule has 0 unspecified atom stereocenters. The fourth-order valence-corrected chi connectivity index (χ4v) is 5.37. The van der Waals surface area contributed by atoms with Crippen molar-refractivity contribution >= 4 is 23.4 Å². The maximum absolute atomic E-state index is 13.6. The Morgan fingerprint density at radius 3 is 2.37 bits per heavy atom. The van der Waals surface area contributed by atoms with Gasteiger partial charge in [-0.25, -0.2) is 4.39 Å². The maximum Gasteiger partial charge on any atom is 0.237 e. The largest absolute Gasteiger partial charge is 0.309 e. The van der Waals surface area contributed by atoms with Gasteiger partial charge in [0, 0.05) is 35.4 Å². The van der Waals surface area contributed by atoms with Gasteiger partial charge in [0.25, 0.3) is 0 Å². The van der Waals surface area contributed by atoms with Gasteiger partial charge in [-0.3, -0.25) is 14.3 Å². The average molecular weight is 488 g/mol. The van der Waals surface area contributed by atoms with Crippen molar-refractivity contribution in [3.05, 3.63) is 84.9 Å². The second-order valence-corrected chi connectivity index (χ2v) is 9.48. The van der Waals surface area contributed by atoms with Crippen LogP contribution in [0.2, 0.25) is 0 Å². The zero-order valence-electron chi connectivity index (χ0n) is 19.3. The number of hydrogen-bond donors (Lipinski definition) is 0. The van der Waals surface area contributed by atoms with Gasteiger partial charge in [0.05, 0.1) is 5.75 Å². The lowest BCUT2D eigenvalue weighted by Crippen LogP contribution is -2.42. The van der Waals surface area contributed by atoms with Gasteiger partial charge in [-0.2, -0.15) is 0 Å². The molecule has 0 spiro atoms. The lowest BCUT2D eigenvalue weighted by molar-refractivity contribution is -0.116. The minimum atomic E-state index is -0.317. The molecule has 0 N–H and O–H groups in total. The van der Waals surface area contributed by atoms with E-state index in [0.717, 1.165) is 42.6 Å². The van der Waals surface area contributed by atoms with Crippen molar-refractivity contribution in [2.75, 3.05) is 10.7 Å². The molecule has 0 radical (unpaired) electrons. The zero-order chi connectivity index (χ0) is 24.0. The van der Waals surface area contributed by atoms with Crippen LogP contribution in [-0.2, 0) is 4.79 Å². The highest BCUT2D eigenvalue weighted by molar-refractivity contribution is 7.99. The number of halogens is 1. The summed E-state index contributed by atoms with van der Waals surface area (Å²) < 4.78 is 15.5. The molecule has 1 aliphatic rings. The standard InChI is InChI=1S/C27H26FN5OS/c28-21-11-13-24(14-12-21)33-26(20-15-17-29-18-16-20)30-31-27(33)35-19-25(34)32(22-7-3-1-4-8-22)23-9-5-2-6-10-23/h1,3-4,7-8,11-18,23H,2,5-6,9-10,19H2. The first kappa shape index (κ1) is 23.2. The lowest BCUT2D eigenvalue weighted by Gasteiger charge is -2.34. The van der Waals surface area contributed by atoms with Gasteiger partial charge < -0.3 is 4.90 Å². The van der Waals surface area contributed by atoms with E-state index in [4.69, 9.17) is 0 Å². The molecular weight excluding hydrogens is 461 g/mol. The highest BCUT2D eigenvalue weighted by Gasteiger charge is 2.27. The van der Waals surface area contributed by atoms with Gasteiger partial charge in [0.2, 0.25) is 5.91 Å². The van der Waals surface area contributed by atoms with Crippen molar-refractivity contribution in [3.63, 3.8) is 0 Å². The third kappa shape index (κ3) is 5.27. The van der Waals surface area contributed by atoms with E-state index in [1.165, 1.54) is 30.3 Å². The van der Waals surface area contributed by atoms with Crippen LogP contribution in [0, 0.1) is 5.82 Å². The highest BCUT2D eigenvalue weighted by Crippen LogP contribution is 2.31. The van der Waals surface area contributed by atoms with Gasteiger partial charge in [-0.15, -0.1) is 10.2 Å². The van der Waals surface area contributed by atoms with Crippen LogP contribution in [0.1, 0.15) is 32.1 Å². The lowest BCUT2D eigenvalue weighted by atomic mass is 9.93. The van der Waals surface area contributed by atoms with Crippen LogP contribution in [0.15, 0.2) is 84.3 Å². The van der Waals surface area contributed by atoms with Gasteiger partial charge >= 0.3 is 0 Å². The summed E-state index contributed by atoms with van der Waals surface area (Å²) in [6.45, 7) is 0. The predicted octanol–water partition coefficient (Wildman–Crippen LogP) is 5.93. The molecule has 8 heteroatoms. The van der Waals surface area contributed by atoms with Crippen LogP contribution in [0.25, 0.3) is 17.1 Å². The van der Waals surface area contributed by atoms with E-state index in [1.807, 2.05) is 51.9 Å². The molecule has 0 saturated heterocycles. The second-order valence-electron chi connectivity index (χ2n) is 8.53. The number of pyridine rings is 1. The number of hydrogen-bond acceptors (Lipinski definition) is 5. The number of rotatable bonds is 7. The molecule has 1 amide bonds. The zero-order valence-corrected chi connectivity index (χ0v) is 20.1. The summed E-state index contributed by atoms with van der Waals surface area (Å²) in [5.74, 6) is 0.567. The number of thioether (sulfide) groups is 1. The Hall–Kier alpha value is -3.52. The summed E-state index contributed by atoms with van der Waals surface area (Å²) in [4.78, 5) is 19.6. The number of benzene rings is 2. The number of amides is 1. The van der Waals surface area contributed by atoms with Gasteiger partial charge in [0.1, 0.15) is 5.82 Å². The Labute approximate surface area is 208 Å². The molecule has 2 aromatic carbocycles. The van der Waals surface area contributed by atoms with E-state index >= 15 is 0 Å². The average Bonchev–Trinajstić information content (AvgIpc) is 3.34. The molecule has 0 atom stereocenters. The number of carbonyl (C=O) groups is 1. The van der Waals surface area contributed by atoms with Crippen LogP contribution in [0.5, 0.6) is 0 Å². The Morgan fingerprint density at radius 2 is 1.66 bits per heavy atom. The molecule has 4 aromatic rings. The van der Waals surface area contributed by atoms with Crippen LogP contribution in [0.4, 0.5) is 10.1 Å². The van der Waals surface area contributed by atoms with Gasteiger partial charge in [-0.05, 0) is 61.4 Å². The first-order chi connectivity index (χ1) is 17.2. The number of anilines is 1. The molecule has 0 bridgehead atoms. The summed E-state index contributed by atoms with van der Waals surface area (Å²) in [6.07, 6.45) is 8.92. The van der Waals surface area contributed by atoms with E-state index in [9.17, 15) is 9.18 Å². The highest BCUT2D eigenvalue weighted by atomic mass is 32.2. The topological polar surface area (TPSA) is 63.9 Å². The Morgan fingerprint density at radius 1 is 0.943 bits per heavy atom. The van der Waals surface area contributed by atoms with E-state index < -0.39 is 0 Å². The Bertz CT molecular complexity index is 1260. The predicted molar refractivity (Wildman–Crippen MR) is 136 cm³/mol. The van der Waals surface area contributed by atoms with Crippen molar-refractivity contribution in [1.29, 1.82) is 0 Å². The van der Waals surface area contributed by atoms with Crippen LogP contribution < -0.4 is 4.90 Å². The van der Waals surface area contributed by atoms with Crippen molar-refractivity contribution in [3.8, 4) is 17.1 Å². The summed E-state index contributed by atoms with van der Waals surface area (Å²) in [5, 5.41) is 9.38. The molecular formula is C27H26FN5OS. The molecule has 1 aliphatic carbocycles. The first-order valence-corrected chi connectivity index (χ1v) is 12.8. The quantitative estimate of drug-likeness (QED) is 0.303. The maximum atomic E-state index is 13.6. The molecule has 2 aromatic heterocycles. The molecule has 0 aliphatic heterocycles. The monoisotopic (exact) mass is 487 g/mol. The number of aromatic nitrogens is 4. The smallest absolute Gasteiger partial charge is 0.237 e. The number of para-hydroxylation sites is 1. The molecule has 1 saturated carbocycles. The normalized spacial score (nSPS) is 14.1. The minimum Gasteiger partial charge on any atom is -0.309 e. The van der Waals surface area contributed by atoms with E-state index in [-0.39, 0.29) is 23.5 Å². The third-order valence-electron chi connectivity index (χ3n) is 6.22. The Kier molecular flexibility index (Phi) is 7.18. The molecule has 178 valence electrons. The summed E-state index contributed by atoms with van der Waals surface area (Å²) >= 11 is 1.35. The fourth-order valence-electron chi connectivity index (χ4n) is 4.56. The fraction of sp³-hybridized carbons (Fsp3) is 0.259. The minimum absolute atomic E-state index is 0.0483. The van der Waals surface area contributed by atoms with Gasteiger partial charge in [0.15, 0.2) is 11.0 Å². The van der Waals surface area contributed by atoms with Crippen LogP contribution in [-0.4, -0.2) is 37.5 Å². The molecule has 35 heavy (non-hydrogen) atoms. The molecule has 5 rings (SSSR count). The van der Waals surface area contributed by atoms with E-state index in [1.54, 1.807) is 24.5 Å².